The molecule has 1 rings (SSSR count). The predicted molar refractivity (Wildman–Crippen MR) is 81.1 cm³/mol. The summed E-state index contributed by atoms with van der Waals surface area (Å²) in [4.78, 5) is 0. The second-order valence-corrected chi connectivity index (χ2v) is 6.35. The number of hydrogen-bond donors (Lipinski definition) is 0. The first-order valence-electron chi connectivity index (χ1n) is 7.64. The van der Waals surface area contributed by atoms with Crippen LogP contribution >= 0.6 is 0 Å². The molecule has 3 unspecified atom stereocenters. The van der Waals surface area contributed by atoms with Crippen LogP contribution < -0.4 is 0 Å². The lowest BCUT2D eigenvalue weighted by Gasteiger charge is -2.35. The second-order valence-electron chi connectivity index (χ2n) is 6.35. The van der Waals surface area contributed by atoms with E-state index in [2.05, 4.69) is 34.3 Å². The maximum absolute atomic E-state index is 6.04. The van der Waals surface area contributed by atoms with Gasteiger partial charge in [0.2, 0.25) is 0 Å². The molecule has 0 aromatic rings. The molecule has 1 aliphatic carbocycles. The van der Waals surface area contributed by atoms with Crippen molar-refractivity contribution in [2.24, 2.45) is 11.8 Å². The summed E-state index contributed by atoms with van der Waals surface area (Å²) in [7, 11) is 0. The van der Waals surface area contributed by atoms with Crippen LogP contribution in [0.25, 0.3) is 0 Å². The third-order valence-corrected chi connectivity index (χ3v) is 3.99. The molecule has 2 heteroatoms. The highest BCUT2D eigenvalue weighted by Gasteiger charge is 2.29. The van der Waals surface area contributed by atoms with Gasteiger partial charge in [0.1, 0.15) is 0 Å². The van der Waals surface area contributed by atoms with E-state index in [0.29, 0.717) is 25.2 Å². The maximum atomic E-state index is 6.04. The topological polar surface area (TPSA) is 18.5 Å². The Labute approximate surface area is 119 Å². The van der Waals surface area contributed by atoms with Crippen molar-refractivity contribution in [2.45, 2.75) is 59.5 Å². The first-order chi connectivity index (χ1) is 9.00. The highest BCUT2D eigenvalue weighted by molar-refractivity contribution is 5.02. The van der Waals surface area contributed by atoms with Crippen molar-refractivity contribution in [2.75, 3.05) is 19.8 Å². The first-order valence-corrected chi connectivity index (χ1v) is 7.64. The molecule has 0 saturated heterocycles. The van der Waals surface area contributed by atoms with Crippen LogP contribution in [0.3, 0.4) is 0 Å². The summed E-state index contributed by atoms with van der Waals surface area (Å²) >= 11 is 0. The van der Waals surface area contributed by atoms with Gasteiger partial charge in [0.15, 0.2) is 0 Å². The van der Waals surface area contributed by atoms with E-state index in [1.807, 2.05) is 0 Å². The van der Waals surface area contributed by atoms with E-state index in [1.54, 1.807) is 0 Å². The van der Waals surface area contributed by atoms with Crippen LogP contribution in [-0.4, -0.2) is 25.9 Å². The third kappa shape index (κ3) is 6.58. The zero-order valence-electron chi connectivity index (χ0n) is 13.2. The minimum Gasteiger partial charge on any atom is -0.379 e. The lowest BCUT2D eigenvalue weighted by molar-refractivity contribution is -0.0383. The van der Waals surface area contributed by atoms with Gasteiger partial charge in [-0.15, -0.1) is 0 Å². The summed E-state index contributed by atoms with van der Waals surface area (Å²) in [6.07, 6.45) is 5.10. The Bertz CT molecular complexity index is 260. The Morgan fingerprint density at radius 3 is 2.47 bits per heavy atom. The Balaban J connectivity index is 2.19. The molecule has 0 spiro atoms. The summed E-state index contributed by atoms with van der Waals surface area (Å²) in [5.41, 5.74) is 1.27. The van der Waals surface area contributed by atoms with Crippen LogP contribution in [0.1, 0.15) is 53.4 Å². The molecule has 0 bridgehead atoms. The van der Waals surface area contributed by atoms with Gasteiger partial charge < -0.3 is 9.47 Å². The minimum absolute atomic E-state index is 0.351. The number of hydrogen-bond acceptors (Lipinski definition) is 2. The quantitative estimate of drug-likeness (QED) is 0.479. The van der Waals surface area contributed by atoms with Crippen molar-refractivity contribution < 1.29 is 9.47 Å². The van der Waals surface area contributed by atoms with Crippen molar-refractivity contribution in [3.63, 3.8) is 0 Å². The van der Waals surface area contributed by atoms with Crippen LogP contribution in [0, 0.1) is 17.8 Å². The fourth-order valence-corrected chi connectivity index (χ4v) is 2.71. The van der Waals surface area contributed by atoms with E-state index in [-0.39, 0.29) is 0 Å². The first kappa shape index (κ1) is 16.7. The van der Waals surface area contributed by atoms with Crippen molar-refractivity contribution >= 4 is 0 Å². The molecule has 0 aromatic carbocycles. The van der Waals surface area contributed by atoms with Crippen molar-refractivity contribution in [3.05, 3.63) is 18.1 Å². The number of ether oxygens (including phenoxy) is 2. The summed E-state index contributed by atoms with van der Waals surface area (Å²) in [6.45, 7) is 15.1. The van der Waals surface area contributed by atoms with Gasteiger partial charge in [0.25, 0.3) is 0 Å². The zero-order valence-corrected chi connectivity index (χ0v) is 13.2. The lowest BCUT2D eigenvalue weighted by atomic mass is 9.78. The molecule has 1 saturated carbocycles. The van der Waals surface area contributed by atoms with Gasteiger partial charge >= 0.3 is 0 Å². The van der Waals surface area contributed by atoms with Crippen LogP contribution in [-0.2, 0) is 9.47 Å². The molecule has 3 atom stereocenters. The average molecular weight is 267 g/mol. The molecule has 1 aliphatic rings. The Hall–Kier alpha value is -0.340. The number of rotatable bonds is 8. The molecule has 19 heavy (non-hydrogen) atoms. The lowest BCUT2D eigenvalue weighted by Crippen LogP contribution is -2.32. The van der Waals surface area contributed by atoms with Gasteiger partial charge in [-0.2, -0.15) is 0 Å². The Kier molecular flexibility index (Phi) is 7.70. The van der Waals surface area contributed by atoms with E-state index < -0.39 is 0 Å². The monoisotopic (exact) mass is 267 g/mol. The molecule has 1 radical (unpaired) electrons. The highest BCUT2D eigenvalue weighted by atomic mass is 16.5. The molecular weight excluding hydrogens is 236 g/mol. The van der Waals surface area contributed by atoms with Gasteiger partial charge in [0.05, 0.1) is 19.3 Å². The predicted octanol–water partition coefficient (Wildman–Crippen LogP) is 4.40. The second kappa shape index (κ2) is 8.76. The van der Waals surface area contributed by atoms with Crippen LogP contribution in [0.4, 0.5) is 0 Å². The van der Waals surface area contributed by atoms with Gasteiger partial charge in [0, 0.05) is 12.5 Å². The van der Waals surface area contributed by atoms with Gasteiger partial charge in [-0.25, -0.2) is 0 Å². The van der Waals surface area contributed by atoms with Crippen molar-refractivity contribution in [1.82, 2.24) is 0 Å². The highest BCUT2D eigenvalue weighted by Crippen LogP contribution is 2.34. The largest absolute Gasteiger partial charge is 0.379 e. The normalized spacial score (nSPS) is 27.7. The average Bonchev–Trinajstić information content (AvgIpc) is 2.33. The molecule has 111 valence electrons. The molecule has 0 N–H and O–H groups in total. The fourth-order valence-electron chi connectivity index (χ4n) is 2.71. The molecule has 1 fully saturated rings. The molecular formula is C17H31O2. The van der Waals surface area contributed by atoms with Crippen LogP contribution in [0.15, 0.2) is 12.2 Å². The SMILES string of the molecule is C=C(C)C1CCC(C)CC1OCCOCC[C](C)C. The zero-order chi connectivity index (χ0) is 14.3. The van der Waals surface area contributed by atoms with E-state index in [9.17, 15) is 0 Å². The Morgan fingerprint density at radius 1 is 1.11 bits per heavy atom. The third-order valence-electron chi connectivity index (χ3n) is 3.99. The minimum atomic E-state index is 0.351. The fraction of sp³-hybridized carbons (Fsp3) is 0.824. The summed E-state index contributed by atoms with van der Waals surface area (Å²) in [5, 5.41) is 0. The van der Waals surface area contributed by atoms with Gasteiger partial charge in [-0.1, -0.05) is 32.9 Å². The molecule has 0 amide bonds. The molecule has 0 aliphatic heterocycles. The van der Waals surface area contributed by atoms with Crippen LogP contribution in [0.5, 0.6) is 0 Å². The van der Waals surface area contributed by atoms with Crippen molar-refractivity contribution in [1.29, 1.82) is 0 Å². The van der Waals surface area contributed by atoms with E-state index in [0.717, 1.165) is 18.9 Å². The van der Waals surface area contributed by atoms with Gasteiger partial charge in [-0.3, -0.25) is 0 Å². The van der Waals surface area contributed by atoms with E-state index in [4.69, 9.17) is 9.47 Å². The molecule has 0 aromatic heterocycles. The standard InChI is InChI=1S/C17H31O2/c1-13(2)8-9-18-10-11-19-17-12-15(5)6-7-16(17)14(3)4/h15-17H,3,6-12H2,1-2,4-5H3. The van der Waals surface area contributed by atoms with Crippen molar-refractivity contribution in [3.8, 4) is 0 Å². The molecule has 0 heterocycles. The molecule has 2 nitrogen and oxygen atoms in total. The van der Waals surface area contributed by atoms with Gasteiger partial charge in [-0.05, 0) is 44.4 Å². The van der Waals surface area contributed by atoms with Crippen LogP contribution in [0.2, 0.25) is 0 Å². The summed E-state index contributed by atoms with van der Waals surface area (Å²) in [6, 6.07) is 0. The Morgan fingerprint density at radius 2 is 1.84 bits per heavy atom. The van der Waals surface area contributed by atoms with E-state index in [1.165, 1.54) is 30.8 Å². The maximum Gasteiger partial charge on any atom is 0.0704 e. The smallest absolute Gasteiger partial charge is 0.0704 e. The van der Waals surface area contributed by atoms with E-state index >= 15 is 0 Å². The summed E-state index contributed by atoms with van der Waals surface area (Å²) in [5.74, 6) is 2.74. The summed E-state index contributed by atoms with van der Waals surface area (Å²) < 4.78 is 11.6.